The zero-order valence-corrected chi connectivity index (χ0v) is 23.8. The van der Waals surface area contributed by atoms with Crippen LogP contribution >= 0.6 is 0 Å². The van der Waals surface area contributed by atoms with E-state index in [1.807, 2.05) is 36.4 Å². The molecule has 2 heterocycles. The second kappa shape index (κ2) is 10.7. The van der Waals surface area contributed by atoms with Gasteiger partial charge in [0.05, 0.1) is 39.9 Å². The molecule has 1 aliphatic carbocycles. The minimum atomic E-state index is -0.518. The lowest BCUT2D eigenvalue weighted by Gasteiger charge is -2.38. The molecule has 2 aliphatic rings. The third kappa shape index (κ3) is 4.92. The monoisotopic (exact) mass is 545 g/mol. The molecule has 1 aromatic heterocycles. The first kappa shape index (κ1) is 27.3. The Morgan fingerprint density at radius 1 is 0.950 bits per heavy atom. The van der Waals surface area contributed by atoms with Crippen molar-refractivity contribution < 1.29 is 28.5 Å². The lowest BCUT2D eigenvalue weighted by atomic mass is 9.70. The fourth-order valence-corrected chi connectivity index (χ4v) is 5.62. The van der Waals surface area contributed by atoms with Gasteiger partial charge in [0.15, 0.2) is 28.8 Å². The standard InChI is InChI=1S/C31H35N3O6/c1-31(2)15-20(35)27-25(16-31)40-30-28(26(27)19-8-10-22(37-4)24(14-19)39-6)29(32)34(17-33-30)12-11-18-7-9-21(36-3)23(13-18)38-5/h7-10,13-14,17,26,32H,11-12,15-16H2,1-6H3/t26-/m0/s1. The van der Waals surface area contributed by atoms with Crippen molar-refractivity contribution in [3.05, 3.63) is 76.2 Å². The summed E-state index contributed by atoms with van der Waals surface area (Å²) in [5, 5.41) is 9.25. The van der Waals surface area contributed by atoms with Crippen molar-refractivity contribution in [2.75, 3.05) is 28.4 Å². The highest BCUT2D eigenvalue weighted by Crippen LogP contribution is 2.49. The molecule has 2 aromatic carbocycles. The summed E-state index contributed by atoms with van der Waals surface area (Å²) in [6.07, 6.45) is 3.29. The Labute approximate surface area is 233 Å². The number of allylic oxidation sites excluding steroid dienone is 2. The molecule has 0 spiro atoms. The van der Waals surface area contributed by atoms with E-state index in [-0.39, 0.29) is 16.7 Å². The number of ketones is 1. The number of hydrogen-bond donors (Lipinski definition) is 1. The van der Waals surface area contributed by atoms with Gasteiger partial charge in [0.1, 0.15) is 17.6 Å². The number of nitrogens with one attached hydrogen (secondary N) is 1. The number of aryl methyl sites for hydroxylation is 2. The van der Waals surface area contributed by atoms with Gasteiger partial charge in [-0.3, -0.25) is 10.2 Å². The zero-order chi connectivity index (χ0) is 28.6. The number of carbonyl (C=O) groups excluding carboxylic acids is 1. The van der Waals surface area contributed by atoms with Crippen LogP contribution in [0, 0.1) is 10.8 Å². The summed E-state index contributed by atoms with van der Waals surface area (Å²) < 4.78 is 29.9. The SMILES string of the molecule is COc1ccc(CCn2cnc3c(c2=N)[C@@H](c2ccc(OC)c(OC)c2)C2=C(CC(C)(C)CC2=O)O3)cc1OC. The van der Waals surface area contributed by atoms with E-state index in [0.29, 0.717) is 71.6 Å². The molecular weight excluding hydrogens is 510 g/mol. The molecule has 40 heavy (non-hydrogen) atoms. The first-order chi connectivity index (χ1) is 19.2. The number of nitrogens with zero attached hydrogens (tertiary/aromatic N) is 2. The molecule has 0 radical (unpaired) electrons. The first-order valence-electron chi connectivity index (χ1n) is 13.2. The third-order valence-electron chi connectivity index (χ3n) is 7.59. The van der Waals surface area contributed by atoms with Crippen molar-refractivity contribution in [1.29, 1.82) is 5.41 Å². The van der Waals surface area contributed by atoms with Gasteiger partial charge in [0.2, 0.25) is 5.88 Å². The van der Waals surface area contributed by atoms with Gasteiger partial charge < -0.3 is 28.3 Å². The van der Waals surface area contributed by atoms with Crippen molar-refractivity contribution in [3.8, 4) is 28.9 Å². The van der Waals surface area contributed by atoms with Gasteiger partial charge in [-0.2, -0.15) is 0 Å². The van der Waals surface area contributed by atoms with Gasteiger partial charge in [-0.05, 0) is 47.2 Å². The van der Waals surface area contributed by atoms with Crippen LogP contribution in [0.2, 0.25) is 0 Å². The fraction of sp³-hybridized carbons (Fsp3) is 0.387. The molecule has 0 saturated heterocycles. The molecular formula is C31H35N3O6. The molecule has 210 valence electrons. The summed E-state index contributed by atoms with van der Waals surface area (Å²) in [7, 11) is 6.38. The van der Waals surface area contributed by atoms with Gasteiger partial charge in [0, 0.05) is 25.0 Å². The van der Waals surface area contributed by atoms with E-state index in [2.05, 4.69) is 18.8 Å². The Morgan fingerprint density at radius 2 is 1.60 bits per heavy atom. The quantitative estimate of drug-likeness (QED) is 0.433. The van der Waals surface area contributed by atoms with Crippen LogP contribution in [0.4, 0.5) is 0 Å². The molecule has 1 atom stereocenters. The van der Waals surface area contributed by atoms with Crippen molar-refractivity contribution in [1.82, 2.24) is 9.55 Å². The average Bonchev–Trinajstić information content (AvgIpc) is 2.94. The minimum absolute atomic E-state index is 0.0248. The summed E-state index contributed by atoms with van der Waals surface area (Å²) in [6, 6.07) is 11.4. The van der Waals surface area contributed by atoms with Crippen molar-refractivity contribution in [3.63, 3.8) is 0 Å². The maximum absolute atomic E-state index is 13.6. The van der Waals surface area contributed by atoms with Crippen LogP contribution in [-0.2, 0) is 17.8 Å². The number of ether oxygens (including phenoxy) is 5. The van der Waals surface area contributed by atoms with E-state index in [1.165, 1.54) is 0 Å². The second-order valence-corrected chi connectivity index (χ2v) is 10.9. The Balaban J connectivity index is 1.59. The van der Waals surface area contributed by atoms with E-state index in [1.54, 1.807) is 39.3 Å². The number of fused-ring (bicyclic) bond motifs is 1. The predicted molar refractivity (Wildman–Crippen MR) is 148 cm³/mol. The van der Waals surface area contributed by atoms with Crippen molar-refractivity contribution >= 4 is 5.78 Å². The van der Waals surface area contributed by atoms with E-state index in [9.17, 15) is 10.2 Å². The molecule has 5 rings (SSSR count). The number of hydrogen-bond acceptors (Lipinski definition) is 8. The topological polar surface area (TPSA) is 105 Å². The van der Waals surface area contributed by atoms with Crippen LogP contribution in [0.3, 0.4) is 0 Å². The number of aromatic nitrogens is 2. The molecule has 0 bridgehead atoms. The Bertz CT molecular complexity index is 1560. The van der Waals surface area contributed by atoms with Crippen LogP contribution in [-0.4, -0.2) is 43.8 Å². The van der Waals surface area contributed by atoms with E-state index >= 15 is 0 Å². The fourth-order valence-electron chi connectivity index (χ4n) is 5.62. The summed E-state index contributed by atoms with van der Waals surface area (Å²) in [5.74, 6) is 2.95. The zero-order valence-electron chi connectivity index (χ0n) is 23.8. The smallest absolute Gasteiger partial charge is 0.228 e. The van der Waals surface area contributed by atoms with Crippen molar-refractivity contribution in [2.45, 2.75) is 45.6 Å². The second-order valence-electron chi connectivity index (χ2n) is 10.9. The van der Waals surface area contributed by atoms with E-state index < -0.39 is 5.92 Å². The van der Waals surface area contributed by atoms with Crippen LogP contribution in [0.5, 0.6) is 28.9 Å². The molecule has 1 N–H and O–H groups in total. The predicted octanol–water partition coefficient (Wildman–Crippen LogP) is 4.81. The largest absolute Gasteiger partial charge is 0.493 e. The van der Waals surface area contributed by atoms with Gasteiger partial charge in [0.25, 0.3) is 0 Å². The van der Waals surface area contributed by atoms with Crippen LogP contribution < -0.4 is 29.2 Å². The molecule has 1 aliphatic heterocycles. The third-order valence-corrected chi connectivity index (χ3v) is 7.59. The maximum Gasteiger partial charge on any atom is 0.228 e. The van der Waals surface area contributed by atoms with Crippen molar-refractivity contribution in [2.24, 2.45) is 5.41 Å². The maximum atomic E-state index is 13.6. The van der Waals surface area contributed by atoms with Crippen LogP contribution in [0.25, 0.3) is 0 Å². The number of benzene rings is 2. The Kier molecular flexibility index (Phi) is 7.31. The summed E-state index contributed by atoms with van der Waals surface area (Å²) >= 11 is 0. The molecule has 9 nitrogen and oxygen atoms in total. The van der Waals surface area contributed by atoms with E-state index in [0.717, 1.165) is 11.1 Å². The lowest BCUT2D eigenvalue weighted by molar-refractivity contribution is -0.118. The molecule has 0 saturated carbocycles. The number of Topliss-reactive ketones (excluding diaryl/α,β-unsaturated/α-hetero) is 1. The number of methoxy groups -OCH3 is 4. The van der Waals surface area contributed by atoms with Crippen LogP contribution in [0.1, 0.15) is 49.3 Å². The van der Waals surface area contributed by atoms with Gasteiger partial charge >= 0.3 is 0 Å². The van der Waals surface area contributed by atoms with E-state index in [4.69, 9.17) is 23.7 Å². The van der Waals surface area contributed by atoms with Gasteiger partial charge in [-0.1, -0.05) is 26.0 Å². The summed E-state index contributed by atoms with van der Waals surface area (Å²) in [6.45, 7) is 4.63. The molecule has 0 amide bonds. The molecule has 9 heteroatoms. The number of rotatable bonds is 8. The first-order valence-corrected chi connectivity index (χ1v) is 13.2. The van der Waals surface area contributed by atoms with Gasteiger partial charge in [-0.25, -0.2) is 4.98 Å². The molecule has 3 aromatic rings. The molecule has 0 fully saturated rings. The highest BCUT2D eigenvalue weighted by atomic mass is 16.5. The Hall–Kier alpha value is -4.27. The lowest BCUT2D eigenvalue weighted by Crippen LogP contribution is -2.37. The molecule has 0 unspecified atom stereocenters. The highest BCUT2D eigenvalue weighted by molar-refractivity contribution is 6.00. The number of carbonyl (C=O) groups is 1. The highest BCUT2D eigenvalue weighted by Gasteiger charge is 2.43. The summed E-state index contributed by atoms with van der Waals surface area (Å²) in [4.78, 5) is 18.3. The van der Waals surface area contributed by atoms with Gasteiger partial charge in [-0.15, -0.1) is 0 Å². The Morgan fingerprint density at radius 3 is 2.27 bits per heavy atom. The summed E-state index contributed by atoms with van der Waals surface area (Å²) in [5.41, 5.74) is 3.02. The minimum Gasteiger partial charge on any atom is -0.493 e. The average molecular weight is 546 g/mol. The van der Waals surface area contributed by atoms with Crippen LogP contribution in [0.15, 0.2) is 54.1 Å². The normalized spacial score (nSPS) is 17.4.